The molecule has 0 aliphatic carbocycles. The van der Waals surface area contributed by atoms with E-state index < -0.39 is 65.9 Å². The molecule has 0 spiro atoms. The summed E-state index contributed by atoms with van der Waals surface area (Å²) in [5.41, 5.74) is 22.2. The molecule has 0 saturated carbocycles. The lowest BCUT2D eigenvalue weighted by Crippen LogP contribution is -2.58. The summed E-state index contributed by atoms with van der Waals surface area (Å²) in [6.45, 7) is 6.14. The van der Waals surface area contributed by atoms with Gasteiger partial charge in [0.2, 0.25) is 29.5 Å². The second-order valence-electron chi connectivity index (χ2n) is 12.6. The highest BCUT2D eigenvalue weighted by Crippen LogP contribution is 2.21. The number of aliphatic hydroxyl groups is 1. The third-order valence-electron chi connectivity index (χ3n) is 7.59. The van der Waals surface area contributed by atoms with Gasteiger partial charge in [0.05, 0.1) is 6.61 Å². The average molecular weight is 730 g/mol. The van der Waals surface area contributed by atoms with Crippen LogP contribution >= 0.6 is 0 Å². The maximum atomic E-state index is 13.5. The molecule has 1 aromatic carbocycles. The van der Waals surface area contributed by atoms with Crippen molar-refractivity contribution in [3.63, 3.8) is 0 Å². The molecule has 14 N–H and O–H groups in total. The minimum absolute atomic E-state index is 0.0231. The standard InChI is InChI=1S/C33H51N11O8/c1-17(2)13-24(40-19(4)46)30(50)42-23(8-6-12-39-33(36)37)29(49)44-25(16-45)31(51)43-22(7-5-11-38-32(34)35)28(48)41-20-9-10-21-18(3)14-27(47)52-26(21)15-20/h9-10,14-15,17,22-25,45H,5-8,11-13,16H2,1-4H3,(H,40,46)(H,41,48)(H,42,50)(H,43,51)(H,44,49)(H4,34,35,38)(H4,36,37,39)/t22-,23-,24-,25-/m0/s1. The minimum Gasteiger partial charge on any atom is -0.423 e. The topological polar surface area (TPSA) is 325 Å². The summed E-state index contributed by atoms with van der Waals surface area (Å²) in [6.07, 6.45) is 0.871. The monoisotopic (exact) mass is 729 g/mol. The number of benzene rings is 1. The lowest BCUT2D eigenvalue weighted by molar-refractivity contribution is -0.135. The van der Waals surface area contributed by atoms with E-state index in [9.17, 15) is 33.9 Å². The van der Waals surface area contributed by atoms with Gasteiger partial charge in [-0.3, -0.25) is 34.0 Å². The molecule has 52 heavy (non-hydrogen) atoms. The molecule has 2 rings (SSSR count). The molecule has 286 valence electrons. The molecular formula is C33H51N11O8. The van der Waals surface area contributed by atoms with E-state index in [0.29, 0.717) is 10.9 Å². The molecule has 0 bridgehead atoms. The Morgan fingerprint density at radius 3 is 1.81 bits per heavy atom. The summed E-state index contributed by atoms with van der Waals surface area (Å²) in [5, 5.41) is 23.7. The first-order valence-corrected chi connectivity index (χ1v) is 16.8. The van der Waals surface area contributed by atoms with Crippen LogP contribution in [0, 0.1) is 12.8 Å². The van der Waals surface area contributed by atoms with Gasteiger partial charge in [0, 0.05) is 43.2 Å². The SMILES string of the molecule is CC(=O)N[C@@H](CC(C)C)C(=O)N[C@@H](CCCN=C(N)N)C(=O)N[C@@H](CO)C(=O)N[C@@H](CCCN=C(N)N)C(=O)Nc1ccc2c(C)cc(=O)oc2c1. The van der Waals surface area contributed by atoms with E-state index in [1.807, 2.05) is 13.8 Å². The second kappa shape index (κ2) is 20.8. The van der Waals surface area contributed by atoms with Crippen molar-refractivity contribution in [3.05, 3.63) is 40.2 Å². The summed E-state index contributed by atoms with van der Waals surface area (Å²) in [5.74, 6) is -3.75. The summed E-state index contributed by atoms with van der Waals surface area (Å²) in [7, 11) is 0. The molecule has 5 amide bonds. The Morgan fingerprint density at radius 2 is 1.29 bits per heavy atom. The van der Waals surface area contributed by atoms with Crippen molar-refractivity contribution in [2.24, 2.45) is 38.8 Å². The van der Waals surface area contributed by atoms with Crippen molar-refractivity contribution < 1.29 is 33.5 Å². The van der Waals surface area contributed by atoms with E-state index in [0.717, 1.165) is 0 Å². The number of nitrogens with two attached hydrogens (primary N) is 4. The Morgan fingerprint density at radius 1 is 0.769 bits per heavy atom. The van der Waals surface area contributed by atoms with Gasteiger partial charge in [0.25, 0.3) is 0 Å². The zero-order chi connectivity index (χ0) is 39.0. The van der Waals surface area contributed by atoms with Gasteiger partial charge in [-0.2, -0.15) is 0 Å². The molecule has 0 aliphatic rings. The predicted molar refractivity (Wildman–Crippen MR) is 196 cm³/mol. The fourth-order valence-electron chi connectivity index (χ4n) is 5.14. The molecule has 19 heteroatoms. The summed E-state index contributed by atoms with van der Waals surface area (Å²) in [4.78, 5) is 85.1. The zero-order valence-corrected chi connectivity index (χ0v) is 29.9. The van der Waals surface area contributed by atoms with Crippen LogP contribution in [0.2, 0.25) is 0 Å². The van der Waals surface area contributed by atoms with E-state index in [-0.39, 0.29) is 74.3 Å². The van der Waals surface area contributed by atoms with Gasteiger partial charge in [0.15, 0.2) is 11.9 Å². The first-order valence-electron chi connectivity index (χ1n) is 16.8. The van der Waals surface area contributed by atoms with Crippen LogP contribution in [0.1, 0.15) is 58.4 Å². The zero-order valence-electron chi connectivity index (χ0n) is 29.9. The number of anilines is 1. The lowest BCUT2D eigenvalue weighted by atomic mass is 10.0. The van der Waals surface area contributed by atoms with Gasteiger partial charge in [-0.1, -0.05) is 13.8 Å². The molecule has 0 saturated heterocycles. The number of aryl methyl sites for hydroxylation is 1. The molecule has 2 aromatic rings. The predicted octanol–water partition coefficient (Wildman–Crippen LogP) is -1.86. The maximum Gasteiger partial charge on any atom is 0.336 e. The number of carbonyl (C=O) groups excluding carboxylic acids is 5. The van der Waals surface area contributed by atoms with Crippen LogP contribution in [-0.2, 0) is 24.0 Å². The minimum atomic E-state index is -1.54. The number of guanidine groups is 2. The fourth-order valence-corrected chi connectivity index (χ4v) is 5.14. The van der Waals surface area contributed by atoms with Crippen LogP contribution in [0.15, 0.2) is 43.5 Å². The summed E-state index contributed by atoms with van der Waals surface area (Å²) < 4.78 is 5.26. The van der Waals surface area contributed by atoms with Crippen molar-refractivity contribution in [3.8, 4) is 0 Å². The maximum absolute atomic E-state index is 13.5. The summed E-state index contributed by atoms with van der Waals surface area (Å²) >= 11 is 0. The van der Waals surface area contributed by atoms with Crippen molar-refractivity contribution >= 4 is 58.1 Å². The Labute approximate surface area is 300 Å². The first kappa shape index (κ1) is 42.4. The van der Waals surface area contributed by atoms with Crippen molar-refractivity contribution in [2.75, 3.05) is 25.0 Å². The van der Waals surface area contributed by atoms with E-state index in [1.165, 1.54) is 19.1 Å². The third-order valence-corrected chi connectivity index (χ3v) is 7.59. The number of aliphatic imine (C=N–C) groups is 2. The van der Waals surface area contributed by atoms with Crippen LogP contribution in [0.4, 0.5) is 5.69 Å². The smallest absolute Gasteiger partial charge is 0.336 e. The molecule has 1 aromatic heterocycles. The van der Waals surface area contributed by atoms with Gasteiger partial charge in [-0.15, -0.1) is 0 Å². The highest BCUT2D eigenvalue weighted by atomic mass is 16.4. The normalized spacial score (nSPS) is 13.2. The summed E-state index contributed by atoms with van der Waals surface area (Å²) in [6, 6.07) is 1.18. The number of amides is 5. The molecule has 0 aliphatic heterocycles. The lowest BCUT2D eigenvalue weighted by Gasteiger charge is -2.26. The van der Waals surface area contributed by atoms with E-state index in [4.69, 9.17) is 27.4 Å². The van der Waals surface area contributed by atoms with Gasteiger partial charge >= 0.3 is 5.63 Å². The Hall–Kier alpha value is -5.72. The first-order chi connectivity index (χ1) is 24.5. The largest absolute Gasteiger partial charge is 0.423 e. The highest BCUT2D eigenvalue weighted by molar-refractivity contribution is 6.00. The second-order valence-corrected chi connectivity index (χ2v) is 12.6. The highest BCUT2D eigenvalue weighted by Gasteiger charge is 2.31. The van der Waals surface area contributed by atoms with Crippen molar-refractivity contribution in [2.45, 2.75) is 84.0 Å². The Kier molecular flexibility index (Phi) is 17.0. The molecule has 19 nitrogen and oxygen atoms in total. The van der Waals surface area contributed by atoms with Crippen molar-refractivity contribution in [1.82, 2.24) is 21.3 Å². The number of aliphatic hydroxyl groups excluding tert-OH is 1. The number of hydrogen-bond donors (Lipinski definition) is 10. The number of carbonyl (C=O) groups is 5. The quantitative estimate of drug-likeness (QED) is 0.0311. The fraction of sp³-hybridized carbons (Fsp3) is 0.515. The number of nitrogens with one attached hydrogen (secondary N) is 5. The van der Waals surface area contributed by atoms with Crippen molar-refractivity contribution in [1.29, 1.82) is 0 Å². The van der Waals surface area contributed by atoms with Gasteiger partial charge in [0.1, 0.15) is 29.8 Å². The number of nitrogens with zero attached hydrogens (tertiary/aromatic N) is 2. The molecule has 4 atom stereocenters. The molecular weight excluding hydrogens is 678 g/mol. The van der Waals surface area contributed by atoms with Gasteiger partial charge < -0.3 is 59.0 Å². The third kappa shape index (κ3) is 14.6. The van der Waals surface area contributed by atoms with Gasteiger partial charge in [-0.25, -0.2) is 4.79 Å². The van der Waals surface area contributed by atoms with E-state index in [1.54, 1.807) is 19.1 Å². The Bertz CT molecular complexity index is 1680. The van der Waals surface area contributed by atoms with Crippen LogP contribution < -0.4 is 55.1 Å². The number of fused-ring (bicyclic) bond motifs is 1. The molecule has 0 fully saturated rings. The van der Waals surface area contributed by atoms with Gasteiger partial charge in [-0.05, 0) is 62.6 Å². The molecule has 0 radical (unpaired) electrons. The van der Waals surface area contributed by atoms with E-state index >= 15 is 0 Å². The van der Waals surface area contributed by atoms with Crippen LogP contribution in [-0.4, -0.2) is 90.4 Å². The van der Waals surface area contributed by atoms with Crippen LogP contribution in [0.3, 0.4) is 0 Å². The average Bonchev–Trinajstić information content (AvgIpc) is 3.04. The van der Waals surface area contributed by atoms with Crippen LogP contribution in [0.5, 0.6) is 0 Å². The number of rotatable bonds is 20. The molecule has 1 heterocycles. The Balaban J connectivity index is 2.27. The van der Waals surface area contributed by atoms with E-state index in [2.05, 4.69) is 36.6 Å². The molecule has 0 unspecified atom stereocenters. The number of hydrogen-bond acceptors (Lipinski definition) is 10. The van der Waals surface area contributed by atoms with Crippen LogP contribution in [0.25, 0.3) is 11.0 Å².